The Morgan fingerprint density at radius 3 is 2.60 bits per heavy atom. The fourth-order valence-corrected chi connectivity index (χ4v) is 3.57. The second kappa shape index (κ2) is 7.09. The first-order valence-corrected chi connectivity index (χ1v) is 8.96. The summed E-state index contributed by atoms with van der Waals surface area (Å²) in [5.74, 6) is -0.382. The number of primary amides is 1. The fraction of sp³-hybridized carbons (Fsp3) is 0.333. The topological polar surface area (TPSA) is 60.9 Å². The molecular weight excluding hydrogens is 310 g/mol. The Balaban J connectivity index is 2.26. The maximum atomic E-state index is 12.2. The van der Waals surface area contributed by atoms with Gasteiger partial charge in [0.25, 0.3) is 5.91 Å². The van der Waals surface area contributed by atoms with Gasteiger partial charge in [0.05, 0.1) is 16.8 Å². The van der Waals surface area contributed by atoms with E-state index in [-0.39, 0.29) is 5.91 Å². The zero-order chi connectivity index (χ0) is 18.0. The van der Waals surface area contributed by atoms with Crippen molar-refractivity contribution >= 4 is 16.8 Å². The minimum Gasteiger partial charge on any atom is -0.366 e. The van der Waals surface area contributed by atoms with Crippen molar-refractivity contribution in [3.05, 3.63) is 53.3 Å². The van der Waals surface area contributed by atoms with Crippen molar-refractivity contribution < 1.29 is 4.79 Å². The monoisotopic (exact) mass is 335 g/mol. The summed E-state index contributed by atoms with van der Waals surface area (Å²) >= 11 is 0. The Hall–Kier alpha value is -2.62. The molecule has 0 bridgehead atoms. The molecule has 1 aromatic carbocycles. The molecule has 0 fully saturated rings. The van der Waals surface area contributed by atoms with Crippen LogP contribution in [0.5, 0.6) is 0 Å². The normalized spacial score (nSPS) is 11.2. The molecule has 130 valence electrons. The zero-order valence-electron chi connectivity index (χ0n) is 15.2. The molecule has 0 atom stereocenters. The molecule has 2 N–H and O–H groups in total. The van der Waals surface area contributed by atoms with Crippen LogP contribution >= 0.6 is 0 Å². The Kier molecular flexibility index (Phi) is 4.88. The lowest BCUT2D eigenvalue weighted by atomic mass is 10.0. The molecule has 0 saturated carbocycles. The molecule has 25 heavy (non-hydrogen) atoms. The van der Waals surface area contributed by atoms with E-state index in [4.69, 9.17) is 10.7 Å². The summed E-state index contributed by atoms with van der Waals surface area (Å²) in [5, 5.41) is 1.09. The third kappa shape index (κ3) is 3.04. The molecule has 1 amide bonds. The summed E-state index contributed by atoms with van der Waals surface area (Å²) in [5.41, 5.74) is 11.1. The molecule has 0 spiro atoms. The molecular formula is C21H25N3O. The van der Waals surface area contributed by atoms with E-state index < -0.39 is 0 Å². The van der Waals surface area contributed by atoms with E-state index in [0.29, 0.717) is 5.56 Å². The van der Waals surface area contributed by atoms with Crippen molar-refractivity contribution in [2.75, 3.05) is 0 Å². The summed E-state index contributed by atoms with van der Waals surface area (Å²) in [6.45, 7) is 7.18. The molecule has 0 aliphatic carbocycles. The van der Waals surface area contributed by atoms with E-state index in [9.17, 15) is 4.79 Å². The molecule has 0 unspecified atom stereocenters. The summed E-state index contributed by atoms with van der Waals surface area (Å²) in [6.07, 6.45) is 3.02. The standard InChI is InChI=1S/C21H25N3O/c1-4-6-13-24-14(3)19(21(22)25)20(18(24)5-2)17-12-11-15-9-7-8-10-16(15)23-17/h7-12H,4-6,13H2,1-3H3,(H2,22,25). The summed E-state index contributed by atoms with van der Waals surface area (Å²) in [6, 6.07) is 12.1. The van der Waals surface area contributed by atoms with E-state index in [1.54, 1.807) is 0 Å². The van der Waals surface area contributed by atoms with Gasteiger partial charge >= 0.3 is 0 Å². The van der Waals surface area contributed by atoms with E-state index in [1.165, 1.54) is 0 Å². The predicted octanol–water partition coefficient (Wildman–Crippen LogP) is 4.47. The maximum absolute atomic E-state index is 12.2. The van der Waals surface area contributed by atoms with Crippen molar-refractivity contribution in [1.29, 1.82) is 0 Å². The number of pyridine rings is 1. The van der Waals surface area contributed by atoms with Crippen LogP contribution in [0, 0.1) is 6.92 Å². The van der Waals surface area contributed by atoms with Crippen LogP contribution < -0.4 is 5.73 Å². The van der Waals surface area contributed by atoms with Crippen molar-refractivity contribution in [3.8, 4) is 11.3 Å². The highest BCUT2D eigenvalue weighted by Gasteiger charge is 2.24. The molecule has 0 radical (unpaired) electrons. The fourth-order valence-electron chi connectivity index (χ4n) is 3.57. The lowest BCUT2D eigenvalue weighted by molar-refractivity contribution is 0.1000. The molecule has 4 nitrogen and oxygen atoms in total. The highest BCUT2D eigenvalue weighted by atomic mass is 16.1. The second-order valence-electron chi connectivity index (χ2n) is 6.39. The number of nitrogens with zero attached hydrogens (tertiary/aromatic N) is 2. The number of unbranched alkanes of at least 4 members (excludes halogenated alkanes) is 1. The number of amides is 1. The highest BCUT2D eigenvalue weighted by Crippen LogP contribution is 2.33. The number of hydrogen-bond donors (Lipinski definition) is 1. The summed E-state index contributed by atoms with van der Waals surface area (Å²) in [4.78, 5) is 17.0. The Morgan fingerprint density at radius 2 is 1.92 bits per heavy atom. The summed E-state index contributed by atoms with van der Waals surface area (Å²) in [7, 11) is 0. The molecule has 4 heteroatoms. The van der Waals surface area contributed by atoms with Crippen molar-refractivity contribution in [1.82, 2.24) is 9.55 Å². The van der Waals surface area contributed by atoms with Crippen LogP contribution in [0.25, 0.3) is 22.2 Å². The molecule has 0 aliphatic rings. The quantitative estimate of drug-likeness (QED) is 0.722. The molecule has 3 aromatic rings. The number of carbonyl (C=O) groups excluding carboxylic acids is 1. The van der Waals surface area contributed by atoms with Gasteiger partial charge in [-0.3, -0.25) is 4.79 Å². The van der Waals surface area contributed by atoms with Gasteiger partial charge in [0.15, 0.2) is 0 Å². The molecule has 0 aliphatic heterocycles. The van der Waals surface area contributed by atoms with Gasteiger partial charge in [0, 0.05) is 28.9 Å². The average molecular weight is 335 g/mol. The Labute approximate surface area is 148 Å². The van der Waals surface area contributed by atoms with Crippen LogP contribution in [0.15, 0.2) is 36.4 Å². The molecule has 2 aromatic heterocycles. The lowest BCUT2D eigenvalue weighted by Gasteiger charge is -2.11. The van der Waals surface area contributed by atoms with E-state index in [1.807, 2.05) is 37.3 Å². The molecule has 0 saturated heterocycles. The average Bonchev–Trinajstić information content (AvgIpc) is 2.91. The number of nitrogens with two attached hydrogens (primary N) is 1. The van der Waals surface area contributed by atoms with Crippen LogP contribution in [-0.2, 0) is 13.0 Å². The van der Waals surface area contributed by atoms with Crippen LogP contribution in [-0.4, -0.2) is 15.5 Å². The van der Waals surface area contributed by atoms with E-state index in [0.717, 1.165) is 59.4 Å². The minimum atomic E-state index is -0.382. The van der Waals surface area contributed by atoms with Gasteiger partial charge in [0.1, 0.15) is 0 Å². The van der Waals surface area contributed by atoms with Crippen molar-refractivity contribution in [2.45, 2.75) is 46.6 Å². The zero-order valence-corrected chi connectivity index (χ0v) is 15.2. The van der Waals surface area contributed by atoms with Gasteiger partial charge in [0.2, 0.25) is 0 Å². The molecule has 3 rings (SSSR count). The van der Waals surface area contributed by atoms with Gasteiger partial charge in [-0.1, -0.05) is 44.5 Å². The number of hydrogen-bond acceptors (Lipinski definition) is 2. The number of rotatable bonds is 6. The van der Waals surface area contributed by atoms with Crippen LogP contribution in [0.2, 0.25) is 0 Å². The van der Waals surface area contributed by atoms with Gasteiger partial charge in [-0.15, -0.1) is 0 Å². The van der Waals surface area contributed by atoms with E-state index >= 15 is 0 Å². The predicted molar refractivity (Wildman–Crippen MR) is 103 cm³/mol. The number of carbonyl (C=O) groups is 1. The van der Waals surface area contributed by atoms with Crippen molar-refractivity contribution in [2.24, 2.45) is 5.73 Å². The minimum absolute atomic E-state index is 0.382. The first kappa shape index (κ1) is 17.2. The number of benzene rings is 1. The highest BCUT2D eigenvalue weighted by molar-refractivity contribution is 6.02. The largest absolute Gasteiger partial charge is 0.366 e. The smallest absolute Gasteiger partial charge is 0.251 e. The third-order valence-corrected chi connectivity index (χ3v) is 4.80. The first-order chi connectivity index (χ1) is 12.1. The Bertz CT molecular complexity index is 924. The Morgan fingerprint density at radius 1 is 1.16 bits per heavy atom. The van der Waals surface area contributed by atoms with Gasteiger partial charge < -0.3 is 10.3 Å². The van der Waals surface area contributed by atoms with E-state index in [2.05, 4.69) is 24.5 Å². The summed E-state index contributed by atoms with van der Waals surface area (Å²) < 4.78 is 2.25. The second-order valence-corrected chi connectivity index (χ2v) is 6.39. The number of para-hydroxylation sites is 1. The van der Waals surface area contributed by atoms with Crippen LogP contribution in [0.3, 0.4) is 0 Å². The third-order valence-electron chi connectivity index (χ3n) is 4.80. The lowest BCUT2D eigenvalue weighted by Crippen LogP contribution is -2.13. The van der Waals surface area contributed by atoms with Gasteiger partial charge in [-0.2, -0.15) is 0 Å². The van der Waals surface area contributed by atoms with Gasteiger partial charge in [-0.05, 0) is 31.9 Å². The maximum Gasteiger partial charge on any atom is 0.251 e. The van der Waals surface area contributed by atoms with Gasteiger partial charge in [-0.25, -0.2) is 4.98 Å². The van der Waals surface area contributed by atoms with Crippen LogP contribution in [0.4, 0.5) is 0 Å². The number of fused-ring (bicyclic) bond motifs is 1. The van der Waals surface area contributed by atoms with Crippen molar-refractivity contribution in [3.63, 3.8) is 0 Å². The first-order valence-electron chi connectivity index (χ1n) is 8.96. The van der Waals surface area contributed by atoms with Crippen LogP contribution in [0.1, 0.15) is 48.4 Å². The number of aromatic nitrogens is 2. The molecule has 2 heterocycles. The SMILES string of the molecule is CCCCn1c(C)c(C(N)=O)c(-c2ccc3ccccc3n2)c1CC.